The Morgan fingerprint density at radius 1 is 0.526 bits per heavy atom. The van der Waals surface area contributed by atoms with Crippen LogP contribution in [-0.2, 0) is 28.4 Å². The smallest absolute Gasteiger partial charge is 0.154 e. The molecular weight excluding hydrogens is 276 g/mol. The van der Waals surface area contributed by atoms with E-state index in [0.29, 0.717) is 72.7 Å². The molecule has 1 aliphatic rings. The maximum atomic E-state index is 5.90. The zero-order valence-corrected chi connectivity index (χ0v) is 11.9. The maximum Gasteiger partial charge on any atom is 0.154 e. The van der Waals surface area contributed by atoms with Crippen molar-refractivity contribution in [1.82, 2.24) is 0 Å². The first-order valence-corrected chi connectivity index (χ1v) is 6.97. The van der Waals surface area contributed by atoms with E-state index in [9.17, 15) is 0 Å². The first-order chi connectivity index (χ1) is 9.39. The zero-order chi connectivity index (χ0) is 13.6. The van der Waals surface area contributed by atoms with Gasteiger partial charge in [-0.25, -0.2) is 0 Å². The first kappa shape index (κ1) is 17.1. The fourth-order valence-electron chi connectivity index (χ4n) is 1.34. The molecule has 0 N–H and O–H groups in total. The van der Waals surface area contributed by atoms with Crippen LogP contribution in [0.5, 0.6) is 0 Å². The highest BCUT2D eigenvalue weighted by Gasteiger charge is 2.04. The summed E-state index contributed by atoms with van der Waals surface area (Å²) in [6.45, 7) is 5.60. The van der Waals surface area contributed by atoms with Gasteiger partial charge in [0, 0.05) is 0 Å². The molecule has 0 aliphatic carbocycles. The molecule has 7 heteroatoms. The SMILES string of the molecule is ClC1COCCOCCOCCOCCOCCO1. The Hall–Kier alpha value is 0.0500. The number of hydrogen-bond donors (Lipinski definition) is 0. The van der Waals surface area contributed by atoms with Crippen LogP contribution in [0.2, 0.25) is 0 Å². The highest BCUT2D eigenvalue weighted by Crippen LogP contribution is 1.99. The minimum Gasteiger partial charge on any atom is -0.377 e. The van der Waals surface area contributed by atoms with Crippen molar-refractivity contribution in [2.24, 2.45) is 0 Å². The van der Waals surface area contributed by atoms with E-state index < -0.39 is 5.56 Å². The molecule has 0 aromatic carbocycles. The summed E-state index contributed by atoms with van der Waals surface area (Å²) in [4.78, 5) is 0. The summed E-state index contributed by atoms with van der Waals surface area (Å²) in [6, 6.07) is 0. The van der Waals surface area contributed by atoms with E-state index in [0.717, 1.165) is 0 Å². The summed E-state index contributed by atoms with van der Waals surface area (Å²) in [5.74, 6) is 0. The fraction of sp³-hybridized carbons (Fsp3) is 1.00. The predicted octanol–water partition coefficient (Wildman–Crippen LogP) is 0.664. The van der Waals surface area contributed by atoms with Crippen LogP contribution in [0.4, 0.5) is 0 Å². The molecule has 0 saturated carbocycles. The van der Waals surface area contributed by atoms with Gasteiger partial charge in [-0.1, -0.05) is 11.6 Å². The molecule has 1 saturated heterocycles. The second kappa shape index (κ2) is 13.1. The molecule has 0 spiro atoms. The number of rotatable bonds is 0. The molecule has 0 bridgehead atoms. The Bertz CT molecular complexity index is 177. The van der Waals surface area contributed by atoms with Crippen molar-refractivity contribution in [3.05, 3.63) is 0 Å². The lowest BCUT2D eigenvalue weighted by Gasteiger charge is -2.13. The summed E-state index contributed by atoms with van der Waals surface area (Å²) in [5.41, 5.74) is -0.456. The molecule has 114 valence electrons. The molecule has 6 nitrogen and oxygen atoms in total. The summed E-state index contributed by atoms with van der Waals surface area (Å²) >= 11 is 5.90. The van der Waals surface area contributed by atoms with Crippen LogP contribution in [0.15, 0.2) is 0 Å². The van der Waals surface area contributed by atoms with Crippen LogP contribution >= 0.6 is 11.6 Å². The fourth-order valence-corrected chi connectivity index (χ4v) is 1.52. The van der Waals surface area contributed by atoms with Gasteiger partial charge in [0.15, 0.2) is 5.56 Å². The summed E-state index contributed by atoms with van der Waals surface area (Å²) < 4.78 is 31.9. The Balaban J connectivity index is 2.08. The molecule has 1 rings (SSSR count). The van der Waals surface area contributed by atoms with Crippen molar-refractivity contribution in [3.63, 3.8) is 0 Å². The van der Waals surface area contributed by atoms with E-state index in [4.69, 9.17) is 40.0 Å². The van der Waals surface area contributed by atoms with Crippen LogP contribution < -0.4 is 0 Å². The lowest BCUT2D eigenvalue weighted by molar-refractivity contribution is -0.0410. The normalized spacial score (nSPS) is 27.3. The molecule has 1 aliphatic heterocycles. The van der Waals surface area contributed by atoms with Crippen molar-refractivity contribution in [1.29, 1.82) is 0 Å². The minimum absolute atomic E-state index is 0.338. The van der Waals surface area contributed by atoms with Gasteiger partial charge < -0.3 is 28.4 Å². The van der Waals surface area contributed by atoms with Crippen LogP contribution in [0.3, 0.4) is 0 Å². The minimum atomic E-state index is -0.456. The van der Waals surface area contributed by atoms with Crippen molar-refractivity contribution >= 4 is 11.6 Å². The third-order valence-electron chi connectivity index (χ3n) is 2.26. The first-order valence-electron chi connectivity index (χ1n) is 6.54. The molecule has 1 atom stereocenters. The number of hydrogen-bond acceptors (Lipinski definition) is 6. The Morgan fingerprint density at radius 3 is 1.37 bits per heavy atom. The molecule has 1 unspecified atom stereocenters. The molecule has 0 aromatic rings. The van der Waals surface area contributed by atoms with E-state index in [1.165, 1.54) is 0 Å². The lowest BCUT2D eigenvalue weighted by Crippen LogP contribution is -2.19. The molecular formula is C12H23ClO6. The van der Waals surface area contributed by atoms with Crippen molar-refractivity contribution < 1.29 is 28.4 Å². The van der Waals surface area contributed by atoms with Gasteiger partial charge in [0.05, 0.1) is 72.7 Å². The topological polar surface area (TPSA) is 55.4 Å². The van der Waals surface area contributed by atoms with E-state index >= 15 is 0 Å². The lowest BCUT2D eigenvalue weighted by atomic mass is 10.6. The molecule has 19 heavy (non-hydrogen) atoms. The Kier molecular flexibility index (Phi) is 11.7. The summed E-state index contributed by atoms with van der Waals surface area (Å²) in [6.07, 6.45) is 0. The van der Waals surface area contributed by atoms with Gasteiger partial charge in [-0.05, 0) is 0 Å². The van der Waals surface area contributed by atoms with Gasteiger partial charge in [-0.2, -0.15) is 0 Å². The second-order valence-electron chi connectivity index (χ2n) is 3.81. The average Bonchev–Trinajstić information content (AvgIpc) is 2.41. The number of alkyl halides is 1. The quantitative estimate of drug-likeness (QED) is 0.613. The van der Waals surface area contributed by atoms with Crippen molar-refractivity contribution in [2.45, 2.75) is 5.56 Å². The third kappa shape index (κ3) is 11.6. The highest BCUT2D eigenvalue weighted by atomic mass is 35.5. The molecule has 0 amide bonds. The highest BCUT2D eigenvalue weighted by molar-refractivity contribution is 6.19. The summed E-state index contributed by atoms with van der Waals surface area (Å²) in [7, 11) is 0. The Labute approximate surface area is 119 Å². The van der Waals surface area contributed by atoms with Crippen LogP contribution in [0.25, 0.3) is 0 Å². The molecule has 1 fully saturated rings. The van der Waals surface area contributed by atoms with Gasteiger partial charge in [-0.15, -0.1) is 0 Å². The second-order valence-corrected chi connectivity index (χ2v) is 4.29. The van der Waals surface area contributed by atoms with Gasteiger partial charge >= 0.3 is 0 Å². The van der Waals surface area contributed by atoms with Crippen molar-refractivity contribution in [2.75, 3.05) is 72.7 Å². The third-order valence-corrected chi connectivity index (χ3v) is 2.52. The number of ether oxygens (including phenoxy) is 6. The zero-order valence-electron chi connectivity index (χ0n) is 11.2. The largest absolute Gasteiger partial charge is 0.377 e. The predicted molar refractivity (Wildman–Crippen MR) is 69.7 cm³/mol. The van der Waals surface area contributed by atoms with E-state index in [2.05, 4.69) is 0 Å². The molecule has 1 heterocycles. The van der Waals surface area contributed by atoms with Crippen LogP contribution in [0.1, 0.15) is 0 Å². The summed E-state index contributed by atoms with van der Waals surface area (Å²) in [5, 5.41) is 0. The van der Waals surface area contributed by atoms with Crippen molar-refractivity contribution in [3.8, 4) is 0 Å². The Morgan fingerprint density at radius 2 is 0.895 bits per heavy atom. The van der Waals surface area contributed by atoms with Gasteiger partial charge in [-0.3, -0.25) is 0 Å². The van der Waals surface area contributed by atoms with E-state index in [-0.39, 0.29) is 0 Å². The van der Waals surface area contributed by atoms with E-state index in [1.54, 1.807) is 0 Å². The van der Waals surface area contributed by atoms with Gasteiger partial charge in [0.2, 0.25) is 0 Å². The molecule has 0 aromatic heterocycles. The number of halogens is 1. The monoisotopic (exact) mass is 298 g/mol. The maximum absolute atomic E-state index is 5.90. The van der Waals surface area contributed by atoms with Gasteiger partial charge in [0.1, 0.15) is 0 Å². The standard InChI is InChI=1S/C12H23ClO6/c13-12-11-18-8-7-16-4-3-14-1-2-15-5-6-17-9-10-19-12/h12H,1-11H2. The van der Waals surface area contributed by atoms with E-state index in [1.807, 2.05) is 0 Å². The van der Waals surface area contributed by atoms with Gasteiger partial charge in [0.25, 0.3) is 0 Å². The molecule has 0 radical (unpaired) electrons. The van der Waals surface area contributed by atoms with Crippen LogP contribution in [0, 0.1) is 0 Å². The van der Waals surface area contributed by atoms with Crippen LogP contribution in [-0.4, -0.2) is 78.2 Å². The average molecular weight is 299 g/mol.